The number of hydrogen-bond donors (Lipinski definition) is 0. The van der Waals surface area contributed by atoms with E-state index in [0.29, 0.717) is 18.2 Å². The highest BCUT2D eigenvalue weighted by Gasteiger charge is 2.30. The van der Waals surface area contributed by atoms with Crippen molar-refractivity contribution in [2.24, 2.45) is 0 Å². The Morgan fingerprint density at radius 2 is 2.10 bits per heavy atom. The second-order valence-corrected chi connectivity index (χ2v) is 5.33. The first-order valence-corrected chi connectivity index (χ1v) is 7.03. The van der Waals surface area contributed by atoms with Crippen LogP contribution in [-0.2, 0) is 0 Å². The molecule has 2 aliphatic heterocycles. The molecule has 1 aromatic carbocycles. The van der Waals surface area contributed by atoms with Crippen LogP contribution in [-0.4, -0.2) is 30.7 Å². The molecule has 3 heterocycles. The number of nitrogens with zero attached hydrogens (tertiary/aromatic N) is 1. The highest BCUT2D eigenvalue weighted by Crippen LogP contribution is 2.37. The van der Waals surface area contributed by atoms with Gasteiger partial charge in [-0.05, 0) is 36.2 Å². The van der Waals surface area contributed by atoms with Crippen LogP contribution < -0.4 is 9.47 Å². The molecule has 1 saturated heterocycles. The van der Waals surface area contributed by atoms with E-state index in [1.807, 2.05) is 17.0 Å². The highest BCUT2D eigenvalue weighted by molar-refractivity contribution is 5.91. The number of hydrogen-bond acceptors (Lipinski definition) is 4. The van der Waals surface area contributed by atoms with Crippen molar-refractivity contribution in [2.45, 2.75) is 12.3 Å². The maximum atomic E-state index is 12.3. The summed E-state index contributed by atoms with van der Waals surface area (Å²) in [5.74, 6) is 2.28. The van der Waals surface area contributed by atoms with Crippen molar-refractivity contribution in [1.82, 2.24) is 4.90 Å². The SMILES string of the molecule is O=C(c1ccco1)N1CCC(c2ccc3c(c2)OCO3)C1. The summed E-state index contributed by atoms with van der Waals surface area (Å²) in [6, 6.07) is 9.45. The summed E-state index contributed by atoms with van der Waals surface area (Å²) < 4.78 is 15.9. The first-order chi connectivity index (χ1) is 10.3. The lowest BCUT2D eigenvalue weighted by Crippen LogP contribution is -2.28. The van der Waals surface area contributed by atoms with Crippen molar-refractivity contribution in [3.05, 3.63) is 47.9 Å². The van der Waals surface area contributed by atoms with Crippen LogP contribution in [0.4, 0.5) is 0 Å². The summed E-state index contributed by atoms with van der Waals surface area (Å²) in [6.07, 6.45) is 2.48. The molecule has 21 heavy (non-hydrogen) atoms. The van der Waals surface area contributed by atoms with Crippen LogP contribution in [0.3, 0.4) is 0 Å². The van der Waals surface area contributed by atoms with Gasteiger partial charge in [0.05, 0.1) is 6.26 Å². The minimum atomic E-state index is -0.0387. The molecule has 108 valence electrons. The van der Waals surface area contributed by atoms with E-state index in [9.17, 15) is 4.79 Å². The van der Waals surface area contributed by atoms with Gasteiger partial charge < -0.3 is 18.8 Å². The number of furan rings is 1. The van der Waals surface area contributed by atoms with Crippen LogP contribution >= 0.6 is 0 Å². The second-order valence-electron chi connectivity index (χ2n) is 5.33. The van der Waals surface area contributed by atoms with Gasteiger partial charge in [-0.3, -0.25) is 4.79 Å². The number of ether oxygens (including phenoxy) is 2. The predicted molar refractivity (Wildman–Crippen MR) is 74.5 cm³/mol. The summed E-state index contributed by atoms with van der Waals surface area (Å²) >= 11 is 0. The zero-order chi connectivity index (χ0) is 14.2. The molecule has 2 aromatic rings. The van der Waals surface area contributed by atoms with Gasteiger partial charge in [0.1, 0.15) is 0 Å². The van der Waals surface area contributed by atoms with Crippen molar-refractivity contribution < 1.29 is 18.7 Å². The minimum absolute atomic E-state index is 0.0387. The number of fused-ring (bicyclic) bond motifs is 1. The van der Waals surface area contributed by atoms with Gasteiger partial charge in [-0.2, -0.15) is 0 Å². The Balaban J connectivity index is 1.50. The van der Waals surface area contributed by atoms with Gasteiger partial charge in [-0.25, -0.2) is 0 Å². The standard InChI is InChI=1S/C16H15NO4/c18-16(14-2-1-7-19-14)17-6-5-12(9-17)11-3-4-13-15(8-11)21-10-20-13/h1-4,7-8,12H,5-6,9-10H2. The molecule has 0 N–H and O–H groups in total. The lowest BCUT2D eigenvalue weighted by atomic mass is 9.98. The van der Waals surface area contributed by atoms with E-state index in [-0.39, 0.29) is 12.7 Å². The first-order valence-electron chi connectivity index (χ1n) is 7.03. The van der Waals surface area contributed by atoms with E-state index in [1.165, 1.54) is 11.8 Å². The molecule has 1 aromatic heterocycles. The molecule has 4 rings (SSSR count). The Morgan fingerprint density at radius 1 is 1.19 bits per heavy atom. The maximum absolute atomic E-state index is 12.3. The normalized spacial score (nSPS) is 20.0. The van der Waals surface area contributed by atoms with Crippen molar-refractivity contribution in [1.29, 1.82) is 0 Å². The fourth-order valence-electron chi connectivity index (χ4n) is 2.94. The van der Waals surface area contributed by atoms with Crippen LogP contribution in [0, 0.1) is 0 Å². The average molecular weight is 285 g/mol. The minimum Gasteiger partial charge on any atom is -0.459 e. The lowest BCUT2D eigenvalue weighted by molar-refractivity contribution is 0.0759. The molecule has 1 amide bonds. The van der Waals surface area contributed by atoms with E-state index in [4.69, 9.17) is 13.9 Å². The topological polar surface area (TPSA) is 51.9 Å². The molecule has 0 aliphatic carbocycles. The third-order valence-corrected chi connectivity index (χ3v) is 4.08. The van der Waals surface area contributed by atoms with Gasteiger partial charge in [0.2, 0.25) is 6.79 Å². The fraction of sp³-hybridized carbons (Fsp3) is 0.312. The Morgan fingerprint density at radius 3 is 2.95 bits per heavy atom. The van der Waals surface area contributed by atoms with Crippen LogP contribution in [0.25, 0.3) is 0 Å². The van der Waals surface area contributed by atoms with Gasteiger partial charge in [0.25, 0.3) is 5.91 Å². The first kappa shape index (κ1) is 12.3. The van der Waals surface area contributed by atoms with E-state index in [1.54, 1.807) is 12.1 Å². The smallest absolute Gasteiger partial charge is 0.289 e. The fourth-order valence-corrected chi connectivity index (χ4v) is 2.94. The summed E-state index contributed by atoms with van der Waals surface area (Å²) in [4.78, 5) is 14.1. The van der Waals surface area contributed by atoms with E-state index in [2.05, 4.69) is 6.07 Å². The average Bonchev–Trinajstić information content (AvgIpc) is 3.25. The third-order valence-electron chi connectivity index (χ3n) is 4.08. The molecule has 0 saturated carbocycles. The zero-order valence-electron chi connectivity index (χ0n) is 11.5. The molecule has 0 spiro atoms. The van der Waals surface area contributed by atoms with Crippen LogP contribution in [0.2, 0.25) is 0 Å². The molecule has 1 atom stereocenters. The summed E-state index contributed by atoms with van der Waals surface area (Å²) in [7, 11) is 0. The third kappa shape index (κ3) is 2.14. The van der Waals surface area contributed by atoms with Crippen molar-refractivity contribution in [2.75, 3.05) is 19.9 Å². The molecular formula is C16H15NO4. The molecule has 2 aliphatic rings. The molecule has 5 nitrogen and oxygen atoms in total. The summed E-state index contributed by atoms with van der Waals surface area (Å²) in [6.45, 7) is 1.74. The largest absolute Gasteiger partial charge is 0.459 e. The monoisotopic (exact) mass is 285 g/mol. The number of likely N-dealkylation sites (tertiary alicyclic amines) is 1. The Kier molecular flexibility index (Phi) is 2.84. The van der Waals surface area contributed by atoms with Gasteiger partial charge in [-0.1, -0.05) is 6.07 Å². The van der Waals surface area contributed by atoms with Crippen molar-refractivity contribution in [3.8, 4) is 11.5 Å². The Bertz CT molecular complexity index is 665. The quantitative estimate of drug-likeness (QED) is 0.851. The van der Waals surface area contributed by atoms with Gasteiger partial charge in [0.15, 0.2) is 17.3 Å². The highest BCUT2D eigenvalue weighted by atomic mass is 16.7. The number of rotatable bonds is 2. The molecule has 0 radical (unpaired) electrons. The van der Waals surface area contributed by atoms with Crippen LogP contribution in [0.5, 0.6) is 11.5 Å². The number of benzene rings is 1. The maximum Gasteiger partial charge on any atom is 0.289 e. The van der Waals surface area contributed by atoms with Crippen LogP contribution in [0.1, 0.15) is 28.5 Å². The van der Waals surface area contributed by atoms with Gasteiger partial charge in [0, 0.05) is 19.0 Å². The zero-order valence-corrected chi connectivity index (χ0v) is 11.5. The molecule has 0 bridgehead atoms. The van der Waals surface area contributed by atoms with Crippen molar-refractivity contribution >= 4 is 5.91 Å². The molecule has 1 fully saturated rings. The number of amides is 1. The van der Waals surface area contributed by atoms with E-state index in [0.717, 1.165) is 24.5 Å². The second kappa shape index (κ2) is 4.84. The number of carbonyl (C=O) groups is 1. The molecular weight excluding hydrogens is 270 g/mol. The predicted octanol–water partition coefficient (Wildman–Crippen LogP) is 2.64. The molecule has 5 heteroatoms. The molecule has 1 unspecified atom stereocenters. The van der Waals surface area contributed by atoms with Crippen LogP contribution in [0.15, 0.2) is 41.0 Å². The van der Waals surface area contributed by atoms with Gasteiger partial charge in [-0.15, -0.1) is 0 Å². The number of carbonyl (C=O) groups excluding carboxylic acids is 1. The lowest BCUT2D eigenvalue weighted by Gasteiger charge is -2.15. The summed E-state index contributed by atoms with van der Waals surface area (Å²) in [5, 5.41) is 0. The van der Waals surface area contributed by atoms with Crippen molar-refractivity contribution in [3.63, 3.8) is 0 Å². The van der Waals surface area contributed by atoms with E-state index < -0.39 is 0 Å². The van der Waals surface area contributed by atoms with E-state index >= 15 is 0 Å². The Hall–Kier alpha value is -2.43. The van der Waals surface area contributed by atoms with Gasteiger partial charge >= 0.3 is 0 Å². The Labute approximate surface area is 122 Å². The summed E-state index contributed by atoms with van der Waals surface area (Å²) in [5.41, 5.74) is 1.19.